The minimum atomic E-state index is -4.80. The van der Waals surface area contributed by atoms with Gasteiger partial charge in [-0.15, -0.1) is 18.3 Å². The maximum atomic E-state index is 13.3. The molecular weight excluding hydrogens is 428 g/mol. The van der Waals surface area contributed by atoms with Gasteiger partial charge in [0.25, 0.3) is 0 Å². The van der Waals surface area contributed by atoms with Crippen LogP contribution in [-0.2, 0) is 4.79 Å². The van der Waals surface area contributed by atoms with E-state index in [0.29, 0.717) is 28.0 Å². The van der Waals surface area contributed by atoms with Gasteiger partial charge < -0.3 is 10.1 Å². The molecule has 2 aromatic carbocycles. The first-order valence-electron chi connectivity index (χ1n) is 9.40. The highest BCUT2D eigenvalue weighted by Gasteiger charge is 2.31. The Morgan fingerprint density at radius 3 is 2.25 bits per heavy atom. The van der Waals surface area contributed by atoms with Gasteiger partial charge in [0.1, 0.15) is 11.6 Å². The fourth-order valence-electron chi connectivity index (χ4n) is 3.31. The summed E-state index contributed by atoms with van der Waals surface area (Å²) < 4.78 is 56.1. The second-order valence-corrected chi connectivity index (χ2v) is 6.99. The summed E-state index contributed by atoms with van der Waals surface area (Å²) >= 11 is 0. The molecule has 0 unspecified atom stereocenters. The Kier molecular flexibility index (Phi) is 5.29. The Bertz CT molecular complexity index is 1300. The van der Waals surface area contributed by atoms with E-state index in [9.17, 15) is 22.4 Å². The highest BCUT2D eigenvalue weighted by atomic mass is 19.4. The molecule has 4 rings (SSSR count). The number of hydrogen-bond donors (Lipinski definition) is 1. The summed E-state index contributed by atoms with van der Waals surface area (Å²) in [5.41, 5.74) is 3.37. The van der Waals surface area contributed by atoms with Gasteiger partial charge in [-0.3, -0.25) is 4.79 Å². The van der Waals surface area contributed by atoms with Crippen LogP contribution in [0.15, 0.2) is 54.7 Å². The molecule has 0 aliphatic heterocycles. The fourth-order valence-corrected chi connectivity index (χ4v) is 3.31. The number of aryl methyl sites for hydroxylation is 1. The minimum absolute atomic E-state index is 0.199. The molecule has 0 saturated carbocycles. The van der Waals surface area contributed by atoms with Crippen molar-refractivity contribution >= 4 is 17.4 Å². The summed E-state index contributed by atoms with van der Waals surface area (Å²) in [7, 11) is 0. The van der Waals surface area contributed by atoms with Crippen molar-refractivity contribution in [2.24, 2.45) is 0 Å². The molecule has 0 aliphatic carbocycles. The van der Waals surface area contributed by atoms with Crippen LogP contribution in [0, 0.1) is 12.7 Å². The van der Waals surface area contributed by atoms with Crippen molar-refractivity contribution in [3.63, 3.8) is 0 Å². The van der Waals surface area contributed by atoms with Gasteiger partial charge in [-0.05, 0) is 42.3 Å². The average Bonchev–Trinajstić information content (AvgIpc) is 3.03. The number of nitrogens with one attached hydrogen (secondary N) is 1. The molecular formula is C22H16F4N4O2. The van der Waals surface area contributed by atoms with E-state index in [1.54, 1.807) is 25.3 Å². The number of benzene rings is 2. The number of amides is 1. The van der Waals surface area contributed by atoms with Crippen molar-refractivity contribution in [3.8, 4) is 28.0 Å². The largest absolute Gasteiger partial charge is 0.573 e. The molecule has 6 nitrogen and oxygen atoms in total. The number of hydrogen-bond acceptors (Lipinski definition) is 4. The van der Waals surface area contributed by atoms with Crippen molar-refractivity contribution in [1.29, 1.82) is 0 Å². The van der Waals surface area contributed by atoms with Gasteiger partial charge in [-0.25, -0.2) is 13.9 Å². The van der Waals surface area contributed by atoms with E-state index in [1.807, 2.05) is 0 Å². The number of rotatable bonds is 4. The molecule has 0 spiro atoms. The summed E-state index contributed by atoms with van der Waals surface area (Å²) in [6.07, 6.45) is -3.11. The van der Waals surface area contributed by atoms with Crippen LogP contribution in [0.25, 0.3) is 27.9 Å². The molecule has 10 heteroatoms. The number of carbonyl (C=O) groups is 1. The maximum absolute atomic E-state index is 13.3. The van der Waals surface area contributed by atoms with E-state index in [1.165, 1.54) is 47.8 Å². The Hall–Kier alpha value is -3.95. The minimum Gasteiger partial charge on any atom is -0.406 e. The number of nitrogens with zero attached hydrogens (tertiary/aromatic N) is 3. The van der Waals surface area contributed by atoms with Crippen molar-refractivity contribution in [2.75, 3.05) is 5.32 Å². The van der Waals surface area contributed by atoms with Crippen LogP contribution in [0.2, 0.25) is 0 Å². The Balaban J connectivity index is 1.84. The second-order valence-electron chi connectivity index (χ2n) is 6.99. The summed E-state index contributed by atoms with van der Waals surface area (Å²) in [6.45, 7) is 3.09. The lowest BCUT2D eigenvalue weighted by atomic mass is 10.1. The number of fused-ring (bicyclic) bond motifs is 1. The molecule has 164 valence electrons. The number of aromatic nitrogens is 3. The summed E-state index contributed by atoms with van der Waals surface area (Å²) in [5, 5.41) is 7.02. The quantitative estimate of drug-likeness (QED) is 0.430. The normalized spacial score (nSPS) is 11.6. The fraction of sp³-hybridized carbons (Fsp3) is 0.136. The molecule has 0 atom stereocenters. The molecule has 0 saturated heterocycles. The molecule has 1 amide bonds. The monoisotopic (exact) mass is 444 g/mol. The lowest BCUT2D eigenvalue weighted by Gasteiger charge is -2.10. The standard InChI is InChI=1S/C22H16F4N4O2/c1-12-18(14-3-7-16(23)8-4-14)11-30-21(27-12)19(20(29-30)28-13(2)31)15-5-9-17(10-6-15)32-22(24,25)26/h3-11H,1-2H3,(H,28,29,31). The van der Waals surface area contributed by atoms with Crippen LogP contribution >= 0.6 is 0 Å². The number of anilines is 1. The molecule has 0 fully saturated rings. The molecule has 0 aliphatic rings. The van der Waals surface area contributed by atoms with Crippen LogP contribution in [0.3, 0.4) is 0 Å². The van der Waals surface area contributed by atoms with E-state index in [0.717, 1.165) is 5.56 Å². The van der Waals surface area contributed by atoms with Gasteiger partial charge in [0, 0.05) is 24.4 Å². The molecule has 4 aromatic rings. The van der Waals surface area contributed by atoms with Crippen LogP contribution in [0.4, 0.5) is 23.4 Å². The highest BCUT2D eigenvalue weighted by Crippen LogP contribution is 2.35. The maximum Gasteiger partial charge on any atom is 0.573 e. The van der Waals surface area contributed by atoms with Crippen LogP contribution in [0.1, 0.15) is 12.6 Å². The van der Waals surface area contributed by atoms with Crippen LogP contribution in [-0.4, -0.2) is 26.9 Å². The van der Waals surface area contributed by atoms with Crippen molar-refractivity contribution in [1.82, 2.24) is 14.6 Å². The predicted octanol–water partition coefficient (Wildman–Crippen LogP) is 5.37. The number of ether oxygens (including phenoxy) is 1. The second kappa shape index (κ2) is 7.95. The Morgan fingerprint density at radius 2 is 1.66 bits per heavy atom. The summed E-state index contributed by atoms with van der Waals surface area (Å²) in [6, 6.07) is 11.1. The van der Waals surface area contributed by atoms with E-state index in [2.05, 4.69) is 20.1 Å². The summed E-state index contributed by atoms with van der Waals surface area (Å²) in [5.74, 6) is -0.915. The number of halogens is 4. The average molecular weight is 444 g/mol. The number of alkyl halides is 3. The van der Waals surface area contributed by atoms with Gasteiger partial charge in [-0.1, -0.05) is 24.3 Å². The molecule has 32 heavy (non-hydrogen) atoms. The van der Waals surface area contributed by atoms with E-state index < -0.39 is 6.36 Å². The van der Waals surface area contributed by atoms with Gasteiger partial charge in [0.05, 0.1) is 5.56 Å². The van der Waals surface area contributed by atoms with Crippen molar-refractivity contribution in [2.45, 2.75) is 20.2 Å². The Labute approximate surface area is 179 Å². The summed E-state index contributed by atoms with van der Waals surface area (Å²) in [4.78, 5) is 16.3. The van der Waals surface area contributed by atoms with Crippen LogP contribution < -0.4 is 10.1 Å². The first-order valence-corrected chi connectivity index (χ1v) is 9.40. The van der Waals surface area contributed by atoms with Gasteiger partial charge >= 0.3 is 6.36 Å². The van der Waals surface area contributed by atoms with Gasteiger partial charge in [-0.2, -0.15) is 0 Å². The third-order valence-electron chi connectivity index (χ3n) is 4.63. The van der Waals surface area contributed by atoms with E-state index >= 15 is 0 Å². The zero-order chi connectivity index (χ0) is 23.0. The molecule has 1 N–H and O–H groups in total. The first kappa shape index (κ1) is 21.3. The highest BCUT2D eigenvalue weighted by molar-refractivity contribution is 5.97. The first-order chi connectivity index (χ1) is 15.1. The van der Waals surface area contributed by atoms with Gasteiger partial charge in [0.15, 0.2) is 11.5 Å². The van der Waals surface area contributed by atoms with Crippen molar-refractivity contribution < 1.29 is 27.1 Å². The molecule has 0 bridgehead atoms. The van der Waals surface area contributed by atoms with E-state index in [-0.39, 0.29) is 23.3 Å². The molecule has 0 radical (unpaired) electrons. The lowest BCUT2D eigenvalue weighted by molar-refractivity contribution is -0.274. The van der Waals surface area contributed by atoms with Gasteiger partial charge in [0.2, 0.25) is 5.91 Å². The smallest absolute Gasteiger partial charge is 0.406 e. The third-order valence-corrected chi connectivity index (χ3v) is 4.63. The molecule has 2 aromatic heterocycles. The SMILES string of the molecule is CC(=O)Nc1nn2cc(-c3ccc(F)cc3)c(C)nc2c1-c1ccc(OC(F)(F)F)cc1. The molecule has 2 heterocycles. The Morgan fingerprint density at radius 1 is 1.03 bits per heavy atom. The van der Waals surface area contributed by atoms with Crippen LogP contribution in [0.5, 0.6) is 5.75 Å². The topological polar surface area (TPSA) is 68.5 Å². The zero-order valence-electron chi connectivity index (χ0n) is 16.9. The predicted molar refractivity (Wildman–Crippen MR) is 110 cm³/mol. The lowest BCUT2D eigenvalue weighted by Crippen LogP contribution is -2.16. The number of carbonyl (C=O) groups excluding carboxylic acids is 1. The third kappa shape index (κ3) is 4.39. The zero-order valence-corrected chi connectivity index (χ0v) is 16.9. The van der Waals surface area contributed by atoms with E-state index in [4.69, 9.17) is 0 Å². The van der Waals surface area contributed by atoms with Crippen molar-refractivity contribution in [3.05, 3.63) is 66.2 Å².